The van der Waals surface area contributed by atoms with E-state index in [1.807, 2.05) is 6.92 Å². The topological polar surface area (TPSA) is 47.0 Å². The molecule has 1 heterocycles. The molecule has 0 radical (unpaired) electrons. The maximum Gasteiger partial charge on any atom is 0.233 e. The van der Waals surface area contributed by atoms with Gasteiger partial charge in [-0.25, -0.2) is 9.97 Å². The van der Waals surface area contributed by atoms with Crippen molar-refractivity contribution in [2.45, 2.75) is 45.6 Å². The second kappa shape index (κ2) is 6.36. The van der Waals surface area contributed by atoms with Crippen molar-refractivity contribution in [3.05, 3.63) is 10.8 Å². The maximum atomic E-state index is 5.98. The minimum absolute atomic E-state index is 0.293. The summed E-state index contributed by atoms with van der Waals surface area (Å²) in [6.07, 6.45) is 6.56. The summed E-state index contributed by atoms with van der Waals surface area (Å²) in [6, 6.07) is 0. The average molecular weight is 314 g/mol. The Morgan fingerprint density at radius 1 is 1.33 bits per heavy atom. The molecule has 0 atom stereocenters. The number of ether oxygens (including phenoxy) is 1. The van der Waals surface area contributed by atoms with Crippen LogP contribution in [0.25, 0.3) is 0 Å². The Bertz CT molecular complexity index is 392. The summed E-state index contributed by atoms with van der Waals surface area (Å²) in [5.41, 5.74) is 0. The molecule has 0 amide bonds. The minimum atomic E-state index is 0.293. The molecule has 1 aromatic rings. The summed E-state index contributed by atoms with van der Waals surface area (Å²) in [5.74, 6) is 2.28. The van der Waals surface area contributed by atoms with E-state index in [1.54, 1.807) is 6.33 Å². The molecule has 1 saturated carbocycles. The molecule has 1 aliphatic rings. The standard InChI is InChI=1S/C13H20BrN3O/c1-3-15-12-11(14)13(17-8-16-12)18-10-6-4-9(2)5-7-10/h8-10H,3-7H2,1-2H3,(H,15,16,17). The molecule has 1 N–H and O–H groups in total. The third-order valence-electron chi connectivity index (χ3n) is 3.34. The Labute approximate surface area is 117 Å². The molecule has 1 fully saturated rings. The highest BCUT2D eigenvalue weighted by Crippen LogP contribution is 2.32. The Morgan fingerprint density at radius 2 is 2.06 bits per heavy atom. The number of nitrogens with one attached hydrogen (secondary N) is 1. The lowest BCUT2D eigenvalue weighted by Gasteiger charge is -2.26. The van der Waals surface area contributed by atoms with E-state index in [2.05, 4.69) is 38.1 Å². The Kier molecular flexibility index (Phi) is 4.80. The highest BCUT2D eigenvalue weighted by Gasteiger charge is 2.21. The lowest BCUT2D eigenvalue weighted by atomic mass is 9.89. The lowest BCUT2D eigenvalue weighted by Crippen LogP contribution is -2.23. The van der Waals surface area contributed by atoms with E-state index in [1.165, 1.54) is 12.8 Å². The van der Waals surface area contributed by atoms with Gasteiger partial charge in [0, 0.05) is 6.54 Å². The van der Waals surface area contributed by atoms with Crippen LogP contribution in [0.4, 0.5) is 5.82 Å². The monoisotopic (exact) mass is 313 g/mol. The third kappa shape index (κ3) is 3.34. The van der Waals surface area contributed by atoms with E-state index in [0.717, 1.165) is 35.6 Å². The van der Waals surface area contributed by atoms with Gasteiger partial charge in [0.25, 0.3) is 0 Å². The molecule has 0 unspecified atom stereocenters. The molecule has 0 spiro atoms. The van der Waals surface area contributed by atoms with Gasteiger partial charge in [-0.15, -0.1) is 0 Å². The molecule has 0 saturated heterocycles. The molecule has 1 aromatic heterocycles. The number of hydrogen-bond acceptors (Lipinski definition) is 4. The van der Waals surface area contributed by atoms with Crippen LogP contribution in [0.1, 0.15) is 39.5 Å². The number of anilines is 1. The predicted molar refractivity (Wildman–Crippen MR) is 75.9 cm³/mol. The van der Waals surface area contributed by atoms with Gasteiger partial charge in [-0.3, -0.25) is 0 Å². The van der Waals surface area contributed by atoms with E-state index in [0.29, 0.717) is 12.0 Å². The molecule has 0 bridgehead atoms. The van der Waals surface area contributed by atoms with Gasteiger partial charge >= 0.3 is 0 Å². The van der Waals surface area contributed by atoms with Crippen LogP contribution in [0.15, 0.2) is 10.8 Å². The zero-order valence-electron chi connectivity index (χ0n) is 10.9. The summed E-state index contributed by atoms with van der Waals surface area (Å²) in [6.45, 7) is 5.17. The summed E-state index contributed by atoms with van der Waals surface area (Å²) in [7, 11) is 0. The fourth-order valence-corrected chi connectivity index (χ4v) is 2.67. The van der Waals surface area contributed by atoms with Crippen molar-refractivity contribution >= 4 is 21.7 Å². The van der Waals surface area contributed by atoms with Gasteiger partial charge in [-0.2, -0.15) is 0 Å². The first-order valence-electron chi connectivity index (χ1n) is 6.61. The van der Waals surface area contributed by atoms with E-state index < -0.39 is 0 Å². The predicted octanol–water partition coefficient (Wildman–Crippen LogP) is 3.63. The normalized spacial score (nSPS) is 23.7. The van der Waals surface area contributed by atoms with Crippen LogP contribution in [-0.4, -0.2) is 22.6 Å². The highest BCUT2D eigenvalue weighted by atomic mass is 79.9. The zero-order valence-corrected chi connectivity index (χ0v) is 12.5. The smallest absolute Gasteiger partial charge is 0.233 e. The van der Waals surface area contributed by atoms with Crippen molar-refractivity contribution < 1.29 is 4.74 Å². The largest absolute Gasteiger partial charge is 0.473 e. The van der Waals surface area contributed by atoms with Gasteiger partial charge in [0.2, 0.25) is 5.88 Å². The lowest BCUT2D eigenvalue weighted by molar-refractivity contribution is 0.129. The second-order valence-corrected chi connectivity index (χ2v) is 5.66. The fraction of sp³-hybridized carbons (Fsp3) is 0.692. The van der Waals surface area contributed by atoms with Crippen LogP contribution in [0.2, 0.25) is 0 Å². The molecule has 0 aliphatic heterocycles. The summed E-state index contributed by atoms with van der Waals surface area (Å²) in [4.78, 5) is 8.40. The average Bonchev–Trinajstić information content (AvgIpc) is 2.37. The molecular weight excluding hydrogens is 294 g/mol. The summed E-state index contributed by atoms with van der Waals surface area (Å²) in [5, 5.41) is 3.18. The van der Waals surface area contributed by atoms with Crippen LogP contribution in [0.5, 0.6) is 5.88 Å². The SMILES string of the molecule is CCNc1ncnc(OC2CCC(C)CC2)c1Br. The van der Waals surface area contributed by atoms with E-state index >= 15 is 0 Å². The molecule has 5 heteroatoms. The fourth-order valence-electron chi connectivity index (χ4n) is 2.23. The number of rotatable bonds is 4. The van der Waals surface area contributed by atoms with E-state index in [4.69, 9.17) is 4.74 Å². The molecule has 100 valence electrons. The van der Waals surface area contributed by atoms with Crippen LogP contribution < -0.4 is 10.1 Å². The van der Waals surface area contributed by atoms with Crippen molar-refractivity contribution in [3.8, 4) is 5.88 Å². The maximum absolute atomic E-state index is 5.98. The van der Waals surface area contributed by atoms with Gasteiger partial charge in [0.05, 0.1) is 0 Å². The van der Waals surface area contributed by atoms with Crippen molar-refractivity contribution in [2.24, 2.45) is 5.92 Å². The van der Waals surface area contributed by atoms with Gasteiger partial charge in [0.1, 0.15) is 22.7 Å². The van der Waals surface area contributed by atoms with Crippen molar-refractivity contribution in [3.63, 3.8) is 0 Å². The minimum Gasteiger partial charge on any atom is -0.473 e. The zero-order chi connectivity index (χ0) is 13.0. The van der Waals surface area contributed by atoms with Crippen molar-refractivity contribution in [1.29, 1.82) is 0 Å². The molecule has 4 nitrogen and oxygen atoms in total. The molecular formula is C13H20BrN3O. The first-order valence-corrected chi connectivity index (χ1v) is 7.41. The van der Waals surface area contributed by atoms with Crippen molar-refractivity contribution in [2.75, 3.05) is 11.9 Å². The van der Waals surface area contributed by atoms with Gasteiger partial charge in [-0.05, 0) is 54.5 Å². The summed E-state index contributed by atoms with van der Waals surface area (Å²) >= 11 is 3.51. The first kappa shape index (κ1) is 13.6. The highest BCUT2D eigenvalue weighted by molar-refractivity contribution is 9.10. The molecule has 2 rings (SSSR count). The van der Waals surface area contributed by atoms with Crippen LogP contribution in [0.3, 0.4) is 0 Å². The summed E-state index contributed by atoms with van der Waals surface area (Å²) < 4.78 is 6.81. The Morgan fingerprint density at radius 3 is 2.72 bits per heavy atom. The van der Waals surface area contributed by atoms with Crippen molar-refractivity contribution in [1.82, 2.24) is 9.97 Å². The number of nitrogens with zero attached hydrogens (tertiary/aromatic N) is 2. The quantitative estimate of drug-likeness (QED) is 0.922. The number of halogens is 1. The Balaban J connectivity index is 2.02. The third-order valence-corrected chi connectivity index (χ3v) is 4.06. The first-order chi connectivity index (χ1) is 8.70. The van der Waals surface area contributed by atoms with Crippen LogP contribution in [-0.2, 0) is 0 Å². The van der Waals surface area contributed by atoms with Crippen LogP contribution in [0, 0.1) is 5.92 Å². The van der Waals surface area contributed by atoms with E-state index in [-0.39, 0.29) is 0 Å². The Hall–Kier alpha value is -0.840. The number of hydrogen-bond donors (Lipinski definition) is 1. The van der Waals surface area contributed by atoms with E-state index in [9.17, 15) is 0 Å². The van der Waals surface area contributed by atoms with Gasteiger partial charge < -0.3 is 10.1 Å². The molecule has 0 aromatic carbocycles. The van der Waals surface area contributed by atoms with Gasteiger partial charge in [-0.1, -0.05) is 6.92 Å². The second-order valence-electron chi connectivity index (χ2n) is 4.87. The molecule has 1 aliphatic carbocycles. The van der Waals surface area contributed by atoms with Gasteiger partial charge in [0.15, 0.2) is 0 Å². The van der Waals surface area contributed by atoms with Crippen LogP contribution >= 0.6 is 15.9 Å². The molecule has 18 heavy (non-hydrogen) atoms. The number of aromatic nitrogens is 2.